The van der Waals surface area contributed by atoms with E-state index in [9.17, 15) is 0 Å². The zero-order valence-corrected chi connectivity index (χ0v) is 18.4. The van der Waals surface area contributed by atoms with Gasteiger partial charge in [-0.3, -0.25) is 0 Å². The second-order valence-corrected chi connectivity index (χ2v) is 7.32. The molecule has 0 aromatic carbocycles. The van der Waals surface area contributed by atoms with Crippen molar-refractivity contribution in [1.29, 1.82) is 4.35 Å². The second-order valence-electron chi connectivity index (χ2n) is 5.49. The summed E-state index contributed by atoms with van der Waals surface area (Å²) < 4.78 is 27.5. The van der Waals surface area contributed by atoms with Crippen molar-refractivity contribution in [2.75, 3.05) is 26.4 Å². The van der Waals surface area contributed by atoms with Crippen LogP contribution >= 0.6 is 22.7 Å². The van der Waals surface area contributed by atoms with E-state index < -0.39 is 0 Å². The molecule has 0 fully saturated rings. The van der Waals surface area contributed by atoms with Crippen LogP contribution in [0, 0.1) is 4.35 Å². The van der Waals surface area contributed by atoms with E-state index in [1.165, 1.54) is 4.88 Å². The summed E-state index contributed by atoms with van der Waals surface area (Å²) in [6.07, 6.45) is 2.94. The molecule has 0 bridgehead atoms. The number of rotatable bonds is 3. The van der Waals surface area contributed by atoms with Crippen molar-refractivity contribution >= 4 is 53.3 Å². The van der Waals surface area contributed by atoms with Gasteiger partial charge < -0.3 is 18.9 Å². The van der Waals surface area contributed by atoms with Crippen molar-refractivity contribution in [3.63, 3.8) is 0 Å². The van der Waals surface area contributed by atoms with E-state index in [-0.39, 0.29) is 8.41 Å². The Morgan fingerprint density at radius 2 is 1.56 bits per heavy atom. The number of hydrogen-bond acceptors (Lipinski definition) is 7. The Labute approximate surface area is 178 Å². The first-order valence-electron chi connectivity index (χ1n) is 8.40. The zero-order valence-electron chi connectivity index (χ0n) is 15.7. The molecule has 27 heavy (non-hydrogen) atoms. The van der Waals surface area contributed by atoms with E-state index in [0.29, 0.717) is 32.3 Å². The molecule has 2 aromatic heterocycles. The van der Waals surface area contributed by atoms with E-state index in [1.807, 2.05) is 5.38 Å². The van der Waals surface area contributed by atoms with Gasteiger partial charge in [0.25, 0.3) is 0 Å². The molecule has 0 saturated heterocycles. The first-order chi connectivity index (χ1) is 12.7. The fraction of sp³-hybridized carbons (Fsp3) is 0.444. The Bertz CT molecular complexity index is 722. The molecule has 2 aromatic rings. The van der Waals surface area contributed by atoms with Gasteiger partial charge in [-0.1, -0.05) is 20.4 Å². The summed E-state index contributed by atoms with van der Waals surface area (Å²) in [6, 6.07) is 0. The Kier molecular flexibility index (Phi) is 10.8. The molecule has 1 atom stereocenters. The number of nitrogens with one attached hydrogen (secondary N) is 1. The van der Waals surface area contributed by atoms with Gasteiger partial charge in [-0.05, 0) is 18.4 Å². The molecule has 9 heteroatoms. The zero-order chi connectivity index (χ0) is 18.9. The summed E-state index contributed by atoms with van der Waals surface area (Å²) in [5, 5.41) is 4.00. The van der Waals surface area contributed by atoms with Crippen LogP contribution in [-0.2, 0) is 0 Å². The standard InChI is InChI=1S/C10H14O2S.C8H8O2S.Al.B.HN/c1-3-7(2)10-9-8(6-13-10)11-4-5-12-9;1-2-7-8-6(5-11-7)9-3-4-10-8;;;/h6-7H,3-5H2,1-2H3;2,5H,1,3-4H2;;;1H. The normalized spacial score (nSPS) is 14.3. The summed E-state index contributed by atoms with van der Waals surface area (Å²) in [6.45, 7) is 10.8. The Morgan fingerprint density at radius 1 is 1.04 bits per heavy atom. The van der Waals surface area contributed by atoms with E-state index in [1.54, 1.807) is 44.8 Å². The van der Waals surface area contributed by atoms with E-state index >= 15 is 0 Å². The number of hydrogen-bond donors (Lipinski definition) is 1. The predicted octanol–water partition coefficient (Wildman–Crippen LogP) is 4.73. The summed E-state index contributed by atoms with van der Waals surface area (Å²) in [5.41, 5.74) is 0. The molecule has 0 aliphatic carbocycles. The number of fused-ring (bicyclic) bond motifs is 2. The molecule has 4 radical (unpaired) electrons. The van der Waals surface area contributed by atoms with Crippen LogP contribution in [0.4, 0.5) is 0 Å². The minimum absolute atomic E-state index is 0. The first-order valence-corrected chi connectivity index (χ1v) is 10.7. The second kappa shape index (κ2) is 12.2. The number of thiophene rings is 2. The predicted molar refractivity (Wildman–Crippen MR) is 114 cm³/mol. The van der Waals surface area contributed by atoms with Crippen LogP contribution in [0.25, 0.3) is 6.08 Å². The van der Waals surface area contributed by atoms with Gasteiger partial charge in [-0.2, -0.15) is 0 Å². The quantitative estimate of drug-likeness (QED) is 0.731. The number of ether oxygens (including phenoxy) is 4. The van der Waals surface area contributed by atoms with E-state index in [2.05, 4.69) is 25.8 Å². The molecule has 4 rings (SSSR count). The Hall–Kier alpha value is -1.26. The SMILES string of the molecule is C=Cc1scc2c1OCCO2.CCC(C)c1scc2c1OCCO2.[B].[NH]=[Al]. The summed E-state index contributed by atoms with van der Waals surface area (Å²) in [4.78, 5) is 2.39. The van der Waals surface area contributed by atoms with Gasteiger partial charge in [0, 0.05) is 19.2 Å². The minimum atomic E-state index is 0. The molecule has 2 aliphatic heterocycles. The van der Waals surface area contributed by atoms with Gasteiger partial charge >= 0.3 is 20.4 Å². The van der Waals surface area contributed by atoms with Gasteiger partial charge in [-0.15, -0.1) is 22.7 Å². The molecule has 0 spiro atoms. The molecule has 1 N–H and O–H groups in total. The van der Waals surface area contributed by atoms with Crippen molar-refractivity contribution in [2.45, 2.75) is 26.2 Å². The summed E-state index contributed by atoms with van der Waals surface area (Å²) >= 11 is 5.01. The maximum absolute atomic E-state index is 5.67. The fourth-order valence-electron chi connectivity index (χ4n) is 2.43. The molecular weight excluding hydrogens is 396 g/mol. The van der Waals surface area contributed by atoms with Crippen LogP contribution < -0.4 is 18.9 Å². The van der Waals surface area contributed by atoms with Crippen molar-refractivity contribution < 1.29 is 18.9 Å². The molecule has 142 valence electrons. The molecule has 5 nitrogen and oxygen atoms in total. The summed E-state index contributed by atoms with van der Waals surface area (Å²) in [7, 11) is 0. The van der Waals surface area contributed by atoms with Gasteiger partial charge in [-0.25, -0.2) is 0 Å². The topological polar surface area (TPSA) is 60.8 Å². The van der Waals surface area contributed by atoms with Crippen LogP contribution in [0.5, 0.6) is 23.0 Å². The van der Waals surface area contributed by atoms with Crippen LogP contribution in [0.1, 0.15) is 35.9 Å². The van der Waals surface area contributed by atoms with Crippen molar-refractivity contribution in [1.82, 2.24) is 0 Å². The molecule has 0 saturated carbocycles. The molecule has 1 unspecified atom stereocenters. The van der Waals surface area contributed by atoms with Crippen LogP contribution in [-0.4, -0.2) is 50.9 Å². The van der Waals surface area contributed by atoms with E-state index in [0.717, 1.165) is 34.3 Å². The van der Waals surface area contributed by atoms with E-state index in [4.69, 9.17) is 23.3 Å². The van der Waals surface area contributed by atoms with Gasteiger partial charge in [0.1, 0.15) is 26.4 Å². The van der Waals surface area contributed by atoms with Gasteiger partial charge in [0.2, 0.25) is 0 Å². The molecular formula is C18H23AlBNO4S2. The van der Waals surface area contributed by atoms with Crippen molar-refractivity contribution in [3.8, 4) is 23.0 Å². The first kappa shape index (κ1) is 23.8. The molecule has 4 heterocycles. The van der Waals surface area contributed by atoms with Gasteiger partial charge in [0.15, 0.2) is 23.0 Å². The third-order valence-corrected chi connectivity index (χ3v) is 6.01. The van der Waals surface area contributed by atoms with Crippen LogP contribution in [0.15, 0.2) is 17.3 Å². The van der Waals surface area contributed by atoms with Crippen molar-refractivity contribution in [3.05, 3.63) is 27.1 Å². The molecule has 0 amide bonds. The fourth-order valence-corrected chi connectivity index (χ4v) is 4.28. The maximum atomic E-state index is 5.67. The van der Waals surface area contributed by atoms with Crippen LogP contribution in [0.2, 0.25) is 0 Å². The third kappa shape index (κ3) is 5.85. The Balaban J connectivity index is 0.000000242. The molecule has 2 aliphatic rings. The average Bonchev–Trinajstić information content (AvgIpc) is 3.33. The monoisotopic (exact) mass is 419 g/mol. The van der Waals surface area contributed by atoms with Crippen molar-refractivity contribution in [2.24, 2.45) is 0 Å². The van der Waals surface area contributed by atoms with Gasteiger partial charge in [0.05, 0.1) is 9.75 Å². The average molecular weight is 419 g/mol. The third-order valence-electron chi connectivity index (χ3n) is 3.90. The van der Waals surface area contributed by atoms with Crippen LogP contribution in [0.3, 0.4) is 0 Å². The Morgan fingerprint density at radius 3 is 2.15 bits per heavy atom. The summed E-state index contributed by atoms with van der Waals surface area (Å²) in [5.74, 6) is 4.22.